The number of nitro benzene ring substituents is 1. The number of nitrogens with zero attached hydrogens (tertiary/aromatic N) is 4. The van der Waals surface area contributed by atoms with E-state index < -0.39 is 87.4 Å². The number of sulfone groups is 1. The molecule has 0 saturated carbocycles. The number of hydrogen-bond acceptors (Lipinski definition) is 14. The summed E-state index contributed by atoms with van der Waals surface area (Å²) in [5, 5.41) is 29.6. The molecule has 4 rings (SSSR count). The first-order valence-corrected chi connectivity index (χ1v) is 19.1. The summed E-state index contributed by atoms with van der Waals surface area (Å²) in [4.78, 5) is 7.28. The predicted molar refractivity (Wildman–Crippen MR) is 169 cm³/mol. The highest BCUT2D eigenvalue weighted by Gasteiger charge is 2.29. The number of methoxy groups -OCH3 is 1. The number of azo groups is 1. The fourth-order valence-electron chi connectivity index (χ4n) is 4.30. The van der Waals surface area contributed by atoms with Crippen LogP contribution in [0.15, 0.2) is 90.5 Å². The van der Waals surface area contributed by atoms with E-state index in [4.69, 9.17) is 4.74 Å². The summed E-state index contributed by atoms with van der Waals surface area (Å²) in [5.41, 5.74) is -1.81. The van der Waals surface area contributed by atoms with Gasteiger partial charge in [-0.15, -0.1) is 14.1 Å². The number of sulfonamides is 2. The molecule has 4 aromatic carbocycles. The molecular formula is C26H24FN5O12S4. The van der Waals surface area contributed by atoms with E-state index in [0.29, 0.717) is 6.07 Å². The van der Waals surface area contributed by atoms with Gasteiger partial charge in [-0.1, -0.05) is 12.1 Å². The lowest BCUT2D eigenvalue weighted by Gasteiger charge is -2.18. The molecule has 0 aliphatic carbocycles. The number of phenolic OH excluding ortho intramolecular Hbond substituents is 1. The van der Waals surface area contributed by atoms with E-state index in [1.54, 1.807) is 0 Å². The second kappa shape index (κ2) is 12.7. The van der Waals surface area contributed by atoms with Crippen LogP contribution in [0.1, 0.15) is 0 Å². The van der Waals surface area contributed by atoms with Gasteiger partial charge in [-0.2, -0.15) is 8.42 Å². The van der Waals surface area contributed by atoms with Gasteiger partial charge in [-0.25, -0.2) is 29.6 Å². The molecule has 0 unspecified atom stereocenters. The van der Waals surface area contributed by atoms with E-state index in [1.165, 1.54) is 26.2 Å². The van der Waals surface area contributed by atoms with Gasteiger partial charge in [-0.05, 0) is 36.4 Å². The highest BCUT2D eigenvalue weighted by molar-refractivity contribution is 7.93. The third kappa shape index (κ3) is 7.06. The largest absolute Gasteiger partial charge is 0.506 e. The minimum atomic E-state index is -5.36. The first-order chi connectivity index (χ1) is 22.1. The number of benzene rings is 4. The molecule has 0 aliphatic heterocycles. The molecule has 17 nitrogen and oxygen atoms in total. The monoisotopic (exact) mass is 745 g/mol. The minimum absolute atomic E-state index is 0.281. The molecule has 2 N–H and O–H groups in total. The highest BCUT2D eigenvalue weighted by atomic mass is 32.3. The third-order valence-corrected chi connectivity index (χ3v) is 11.8. The van der Waals surface area contributed by atoms with Gasteiger partial charge in [-0.3, -0.25) is 14.8 Å². The van der Waals surface area contributed by atoms with Crippen LogP contribution in [-0.2, 0) is 40.1 Å². The van der Waals surface area contributed by atoms with Gasteiger partial charge in [0.25, 0.3) is 15.7 Å². The Morgan fingerprint density at radius 1 is 0.875 bits per heavy atom. The van der Waals surface area contributed by atoms with Crippen molar-refractivity contribution in [2.75, 3.05) is 32.2 Å². The lowest BCUT2D eigenvalue weighted by Crippen LogP contribution is -2.22. The van der Waals surface area contributed by atoms with Crippen molar-refractivity contribution in [3.63, 3.8) is 0 Å². The Morgan fingerprint density at radius 2 is 1.52 bits per heavy atom. The Hall–Kier alpha value is -4.77. The Balaban J connectivity index is 2.04. The topological polar surface area (TPSA) is 249 Å². The lowest BCUT2D eigenvalue weighted by molar-refractivity contribution is -0.385. The first-order valence-electron chi connectivity index (χ1n) is 12.9. The van der Waals surface area contributed by atoms with Crippen LogP contribution in [-0.4, -0.2) is 75.5 Å². The fourth-order valence-corrected chi connectivity index (χ4v) is 7.97. The van der Waals surface area contributed by atoms with Crippen LogP contribution in [0.4, 0.5) is 26.6 Å². The van der Waals surface area contributed by atoms with E-state index in [1.807, 2.05) is 0 Å². The fraction of sp³-hybridized carbons (Fsp3) is 0.154. The van der Waals surface area contributed by atoms with E-state index in [2.05, 4.69) is 15.0 Å². The zero-order valence-electron chi connectivity index (χ0n) is 25.0. The van der Waals surface area contributed by atoms with Crippen LogP contribution in [0.2, 0.25) is 0 Å². The van der Waals surface area contributed by atoms with E-state index in [0.717, 1.165) is 60.1 Å². The molecular weight excluding hydrogens is 722 g/mol. The molecule has 0 radical (unpaired) electrons. The molecule has 0 bridgehead atoms. The van der Waals surface area contributed by atoms with Crippen molar-refractivity contribution in [2.45, 2.75) is 19.6 Å². The summed E-state index contributed by atoms with van der Waals surface area (Å²) in [6.45, 7) is 0. The van der Waals surface area contributed by atoms with Crippen LogP contribution in [0, 0.1) is 10.1 Å². The Bertz CT molecular complexity index is 2470. The van der Waals surface area contributed by atoms with Crippen LogP contribution in [0.25, 0.3) is 10.8 Å². The number of anilines is 1. The smallest absolute Gasteiger partial charge is 0.332 e. The molecule has 0 aromatic heterocycles. The maximum Gasteiger partial charge on any atom is 0.332 e. The average molecular weight is 746 g/mol. The van der Waals surface area contributed by atoms with Gasteiger partial charge in [0, 0.05) is 43.3 Å². The van der Waals surface area contributed by atoms with Gasteiger partial charge in [0.2, 0.25) is 10.0 Å². The highest BCUT2D eigenvalue weighted by Crippen LogP contribution is 2.44. The summed E-state index contributed by atoms with van der Waals surface area (Å²) < 4.78 is 123. The normalized spacial score (nSPS) is 12.9. The SMILES string of the molecule is COc1ccc(S(=O)(=O)F)cc1S(=O)(=O)Nc1cccc2c(O)c(S(=O)(=O)N(C)C)cc(/N=N/c3ccc([N+](=O)[O-])cc3S(C)(=O)=O)c12. The maximum absolute atomic E-state index is 13.8. The minimum Gasteiger partial charge on any atom is -0.506 e. The van der Waals surface area contributed by atoms with E-state index in [-0.39, 0.29) is 22.2 Å². The maximum atomic E-state index is 13.8. The van der Waals surface area contributed by atoms with Crippen LogP contribution in [0.5, 0.6) is 11.5 Å². The number of hydrogen-bond donors (Lipinski definition) is 2. The molecule has 256 valence electrons. The zero-order chi connectivity index (χ0) is 36.0. The number of phenols is 1. The zero-order valence-corrected chi connectivity index (χ0v) is 28.3. The van der Waals surface area contributed by atoms with Gasteiger partial charge in [0.15, 0.2) is 9.84 Å². The van der Waals surface area contributed by atoms with Crippen LogP contribution >= 0.6 is 0 Å². The summed E-state index contributed by atoms with van der Waals surface area (Å²) in [5.74, 6) is -1.22. The molecule has 0 heterocycles. The first kappa shape index (κ1) is 36.1. The van der Waals surface area contributed by atoms with Crippen molar-refractivity contribution in [1.82, 2.24) is 4.31 Å². The molecule has 0 amide bonds. The standard InChI is InChI=1S/C26H24FN5O12S4/c1-31(2)48(42,43)24-14-20(29-28-18-10-8-15(32(34)35)12-22(18)45(4,36)37)25-17(26(24)33)6-5-7-19(25)30-47(40,41)23-13-16(46(27,38)39)9-11-21(23)44-3/h5-14,30,33H,1-4H3/b29-28+. The molecule has 22 heteroatoms. The lowest BCUT2D eigenvalue weighted by atomic mass is 10.1. The molecule has 0 atom stereocenters. The average Bonchev–Trinajstić information content (AvgIpc) is 2.99. The van der Waals surface area contributed by atoms with Gasteiger partial charge in [0.1, 0.15) is 36.8 Å². The summed E-state index contributed by atoms with van der Waals surface area (Å²) in [6.07, 6.45) is 0.757. The van der Waals surface area contributed by atoms with Gasteiger partial charge < -0.3 is 9.84 Å². The second-order valence-electron chi connectivity index (χ2n) is 10.00. The van der Waals surface area contributed by atoms with Crippen molar-refractivity contribution >= 4 is 73.6 Å². The molecule has 0 saturated heterocycles. The van der Waals surface area contributed by atoms with Crippen molar-refractivity contribution in [1.29, 1.82) is 0 Å². The number of rotatable bonds is 11. The Morgan fingerprint density at radius 3 is 2.08 bits per heavy atom. The molecule has 4 aromatic rings. The number of fused-ring (bicyclic) bond motifs is 1. The Labute approximate surface area is 273 Å². The van der Waals surface area contributed by atoms with Crippen molar-refractivity contribution < 1.29 is 52.3 Å². The number of nitro groups is 1. The Kier molecular flexibility index (Phi) is 9.53. The van der Waals surface area contributed by atoms with Crippen molar-refractivity contribution in [3.8, 4) is 11.5 Å². The third-order valence-electron chi connectivity index (χ3n) is 6.61. The van der Waals surface area contributed by atoms with Gasteiger partial charge in [0.05, 0.1) is 23.4 Å². The van der Waals surface area contributed by atoms with Crippen molar-refractivity contribution in [3.05, 3.63) is 70.8 Å². The number of non-ortho nitro benzene ring substituents is 1. The quantitative estimate of drug-likeness (QED) is 0.0957. The number of ether oxygens (including phenoxy) is 1. The molecule has 0 fully saturated rings. The summed E-state index contributed by atoms with van der Waals surface area (Å²) in [6, 6.07) is 9.26. The molecule has 0 spiro atoms. The second-order valence-corrected chi connectivity index (χ2v) is 17.1. The molecule has 0 aliphatic rings. The van der Waals surface area contributed by atoms with E-state index >= 15 is 0 Å². The van der Waals surface area contributed by atoms with E-state index in [9.17, 15) is 52.8 Å². The number of halogens is 1. The summed E-state index contributed by atoms with van der Waals surface area (Å²) >= 11 is 0. The number of aromatic hydroxyl groups is 1. The summed E-state index contributed by atoms with van der Waals surface area (Å²) in [7, 11) is -15.4. The predicted octanol–water partition coefficient (Wildman–Crippen LogP) is 3.99. The van der Waals surface area contributed by atoms with Crippen LogP contribution < -0.4 is 9.46 Å². The van der Waals surface area contributed by atoms with Crippen molar-refractivity contribution in [2.24, 2.45) is 10.2 Å². The van der Waals surface area contributed by atoms with Gasteiger partial charge >= 0.3 is 10.2 Å². The molecule has 48 heavy (non-hydrogen) atoms. The van der Waals surface area contributed by atoms with Crippen LogP contribution in [0.3, 0.4) is 0 Å². The number of nitrogens with one attached hydrogen (secondary N) is 1.